The van der Waals surface area contributed by atoms with Gasteiger partial charge in [0.25, 0.3) is 0 Å². The van der Waals surface area contributed by atoms with Crippen molar-refractivity contribution in [2.75, 3.05) is 5.73 Å². The number of halogens is 1. The quantitative estimate of drug-likeness (QED) is 0.690. The maximum absolute atomic E-state index is 13.1. The van der Waals surface area contributed by atoms with Gasteiger partial charge in [-0.25, -0.2) is 4.39 Å². The summed E-state index contributed by atoms with van der Waals surface area (Å²) in [6.07, 6.45) is 1.58. The van der Waals surface area contributed by atoms with Crippen LogP contribution in [0.5, 0.6) is 0 Å². The Morgan fingerprint density at radius 2 is 2.14 bits per heavy atom. The lowest BCUT2D eigenvalue weighted by molar-refractivity contribution is 0.622. The van der Waals surface area contributed by atoms with E-state index in [9.17, 15) is 4.39 Å². The summed E-state index contributed by atoms with van der Waals surface area (Å²) in [6, 6.07) is 5.00. The van der Waals surface area contributed by atoms with Crippen molar-refractivity contribution >= 4 is 5.69 Å². The minimum Gasteiger partial charge on any atom is -0.398 e. The van der Waals surface area contributed by atoms with Crippen LogP contribution in [0.4, 0.5) is 10.1 Å². The van der Waals surface area contributed by atoms with Crippen LogP contribution in [0.1, 0.15) is 24.0 Å². The maximum atomic E-state index is 13.1. The highest BCUT2D eigenvalue weighted by molar-refractivity contribution is 5.60. The molecule has 0 unspecified atom stereocenters. The molecule has 1 aromatic rings. The highest BCUT2D eigenvalue weighted by atomic mass is 19.1. The lowest BCUT2D eigenvalue weighted by Crippen LogP contribution is -2.08. The zero-order chi connectivity index (χ0) is 10.3. The molecule has 72 valence electrons. The van der Waals surface area contributed by atoms with Gasteiger partial charge in [0.05, 0.1) is 11.5 Å². The molecule has 2 nitrogen and oxygen atoms in total. The highest BCUT2D eigenvalue weighted by Gasteiger charge is 2.46. The molecule has 0 heterocycles. The fraction of sp³-hybridized carbons (Fsp3) is 0.364. The van der Waals surface area contributed by atoms with Crippen molar-refractivity contribution in [1.29, 1.82) is 5.26 Å². The van der Waals surface area contributed by atoms with E-state index in [-0.39, 0.29) is 5.82 Å². The first-order chi connectivity index (χ1) is 6.59. The Labute approximate surface area is 82.1 Å². The minimum absolute atomic E-state index is 0.312. The molecular formula is C11H11FN2. The van der Waals surface area contributed by atoms with Crippen molar-refractivity contribution in [2.24, 2.45) is 0 Å². The summed E-state index contributed by atoms with van der Waals surface area (Å²) in [5, 5.41) is 8.99. The van der Waals surface area contributed by atoms with Crippen LogP contribution in [0.2, 0.25) is 0 Å². The molecule has 1 aliphatic rings. The Bertz CT molecular complexity index is 428. The molecule has 2 N–H and O–H groups in total. The number of aryl methyl sites for hydroxylation is 1. The van der Waals surface area contributed by atoms with Gasteiger partial charge in [-0.2, -0.15) is 5.26 Å². The Morgan fingerprint density at radius 3 is 2.64 bits per heavy atom. The number of nitrogen functional groups attached to an aromatic ring is 1. The molecule has 1 saturated carbocycles. The summed E-state index contributed by atoms with van der Waals surface area (Å²) in [5.74, 6) is -0.312. The summed E-state index contributed by atoms with van der Waals surface area (Å²) in [6.45, 7) is 1.76. The van der Waals surface area contributed by atoms with Crippen LogP contribution in [0.15, 0.2) is 12.1 Å². The number of nitrogens with zero attached hydrogens (tertiary/aromatic N) is 1. The summed E-state index contributed by atoms with van der Waals surface area (Å²) < 4.78 is 13.1. The van der Waals surface area contributed by atoms with Crippen LogP contribution in [-0.4, -0.2) is 0 Å². The van der Waals surface area contributed by atoms with Gasteiger partial charge in [-0.15, -0.1) is 0 Å². The molecule has 0 bridgehead atoms. The standard InChI is InChI=1S/C11H11FN2/c1-7-4-8(12)5-9(10(7)14)11(6-13)2-3-11/h4-5H,2-3,14H2,1H3. The number of hydrogen-bond donors (Lipinski definition) is 1. The Morgan fingerprint density at radius 1 is 1.50 bits per heavy atom. The summed E-state index contributed by atoms with van der Waals surface area (Å²) >= 11 is 0. The zero-order valence-electron chi connectivity index (χ0n) is 7.97. The third-order valence-corrected chi connectivity index (χ3v) is 2.83. The predicted molar refractivity (Wildman–Crippen MR) is 52.1 cm³/mol. The molecule has 0 radical (unpaired) electrons. The molecule has 0 aromatic heterocycles. The maximum Gasteiger partial charge on any atom is 0.123 e. The SMILES string of the molecule is Cc1cc(F)cc(C2(C#N)CC2)c1N. The fourth-order valence-electron chi connectivity index (χ4n) is 1.72. The number of nitrogens with two attached hydrogens (primary N) is 1. The van der Waals surface area contributed by atoms with Crippen molar-refractivity contribution < 1.29 is 4.39 Å². The smallest absolute Gasteiger partial charge is 0.123 e. The second kappa shape index (κ2) is 2.71. The molecule has 1 fully saturated rings. The van der Waals surface area contributed by atoms with Crippen molar-refractivity contribution in [3.05, 3.63) is 29.1 Å². The molecule has 0 saturated heterocycles. The largest absolute Gasteiger partial charge is 0.398 e. The van der Waals surface area contributed by atoms with Crippen LogP contribution in [0.3, 0.4) is 0 Å². The summed E-state index contributed by atoms with van der Waals surface area (Å²) in [7, 11) is 0. The molecule has 3 heteroatoms. The molecule has 14 heavy (non-hydrogen) atoms. The number of hydrogen-bond acceptors (Lipinski definition) is 2. The van der Waals surface area contributed by atoms with E-state index < -0.39 is 5.41 Å². The van der Waals surface area contributed by atoms with Crippen LogP contribution < -0.4 is 5.73 Å². The van der Waals surface area contributed by atoms with Gasteiger partial charge in [0.1, 0.15) is 5.82 Å². The lowest BCUT2D eigenvalue weighted by Gasteiger charge is -2.12. The fourth-order valence-corrected chi connectivity index (χ4v) is 1.72. The van der Waals surface area contributed by atoms with Crippen molar-refractivity contribution in [3.8, 4) is 6.07 Å². The van der Waals surface area contributed by atoms with Crippen LogP contribution in [0, 0.1) is 24.1 Å². The van der Waals surface area contributed by atoms with Gasteiger partial charge < -0.3 is 5.73 Å². The third-order valence-electron chi connectivity index (χ3n) is 2.83. The average molecular weight is 190 g/mol. The van der Waals surface area contributed by atoms with E-state index in [0.717, 1.165) is 12.8 Å². The van der Waals surface area contributed by atoms with Gasteiger partial charge in [0, 0.05) is 5.69 Å². The minimum atomic E-state index is -0.503. The van der Waals surface area contributed by atoms with E-state index in [0.29, 0.717) is 16.8 Å². The van der Waals surface area contributed by atoms with Crippen LogP contribution in [0.25, 0.3) is 0 Å². The van der Waals surface area contributed by atoms with Crippen LogP contribution in [-0.2, 0) is 5.41 Å². The summed E-state index contributed by atoms with van der Waals surface area (Å²) in [5.41, 5.74) is 7.27. The Hall–Kier alpha value is -1.56. The number of benzene rings is 1. The van der Waals surface area contributed by atoms with Gasteiger partial charge in [-0.05, 0) is 43.0 Å². The van der Waals surface area contributed by atoms with Gasteiger partial charge in [-0.1, -0.05) is 0 Å². The number of rotatable bonds is 1. The Kier molecular flexibility index (Phi) is 1.75. The first-order valence-corrected chi connectivity index (χ1v) is 4.56. The first kappa shape index (κ1) is 9.01. The van der Waals surface area contributed by atoms with Gasteiger partial charge >= 0.3 is 0 Å². The van der Waals surface area contributed by atoms with E-state index in [1.54, 1.807) is 6.92 Å². The topological polar surface area (TPSA) is 49.8 Å². The lowest BCUT2D eigenvalue weighted by atomic mass is 9.94. The van der Waals surface area contributed by atoms with E-state index in [1.807, 2.05) is 0 Å². The van der Waals surface area contributed by atoms with E-state index in [2.05, 4.69) is 6.07 Å². The molecule has 0 atom stereocenters. The number of anilines is 1. The second-order valence-corrected chi connectivity index (χ2v) is 3.88. The molecule has 1 aliphatic carbocycles. The molecule has 0 aliphatic heterocycles. The van der Waals surface area contributed by atoms with E-state index in [1.165, 1.54) is 12.1 Å². The molecule has 0 amide bonds. The second-order valence-electron chi connectivity index (χ2n) is 3.88. The average Bonchev–Trinajstić information content (AvgIpc) is 2.92. The first-order valence-electron chi connectivity index (χ1n) is 4.56. The molecule has 1 aromatic carbocycles. The van der Waals surface area contributed by atoms with Gasteiger partial charge in [-0.3, -0.25) is 0 Å². The Balaban J connectivity index is 2.59. The van der Waals surface area contributed by atoms with E-state index >= 15 is 0 Å². The zero-order valence-corrected chi connectivity index (χ0v) is 7.97. The molecular weight excluding hydrogens is 179 g/mol. The highest BCUT2D eigenvalue weighted by Crippen LogP contribution is 2.50. The van der Waals surface area contributed by atoms with Gasteiger partial charge in [0.2, 0.25) is 0 Å². The third kappa shape index (κ3) is 1.15. The number of nitriles is 1. The van der Waals surface area contributed by atoms with Crippen molar-refractivity contribution in [3.63, 3.8) is 0 Å². The molecule has 0 spiro atoms. The molecule has 2 rings (SSSR count). The monoisotopic (exact) mass is 190 g/mol. The van der Waals surface area contributed by atoms with E-state index in [4.69, 9.17) is 11.0 Å². The normalized spacial score (nSPS) is 17.5. The van der Waals surface area contributed by atoms with Crippen molar-refractivity contribution in [1.82, 2.24) is 0 Å². The van der Waals surface area contributed by atoms with Crippen LogP contribution >= 0.6 is 0 Å². The van der Waals surface area contributed by atoms with Gasteiger partial charge in [0.15, 0.2) is 0 Å². The predicted octanol–water partition coefficient (Wildman–Crippen LogP) is 2.27. The summed E-state index contributed by atoms with van der Waals surface area (Å²) in [4.78, 5) is 0. The van der Waals surface area contributed by atoms with Crippen molar-refractivity contribution in [2.45, 2.75) is 25.2 Å².